The van der Waals surface area contributed by atoms with Crippen molar-refractivity contribution in [2.24, 2.45) is 7.05 Å². The van der Waals surface area contributed by atoms with Gasteiger partial charge < -0.3 is 0 Å². The number of halogens is 1. The van der Waals surface area contributed by atoms with E-state index in [-0.39, 0.29) is 21.0 Å². The maximum Gasteiger partial charge on any atom is 0.339 e. The van der Waals surface area contributed by atoms with Gasteiger partial charge in [-0.15, -0.1) is 0 Å². The van der Waals surface area contributed by atoms with E-state index in [9.17, 15) is 19.7 Å². The summed E-state index contributed by atoms with van der Waals surface area (Å²) in [7, 11) is 1.47. The first-order valence-corrected chi connectivity index (χ1v) is 6.23. The molecule has 2 aromatic heterocycles. The molecule has 1 N–H and O–H groups in total. The number of rotatable bonds is 3. The molecule has 0 fully saturated rings. The molecule has 0 aliphatic rings. The Balaban J connectivity index is 2.45. The van der Waals surface area contributed by atoms with Crippen molar-refractivity contribution in [1.82, 2.24) is 19.7 Å². The van der Waals surface area contributed by atoms with E-state index in [1.165, 1.54) is 17.8 Å². The maximum atomic E-state index is 11.2. The highest BCUT2D eigenvalue weighted by atomic mass is 35.5. The quantitative estimate of drug-likeness (QED) is 0.380. The largest absolute Gasteiger partial charge is 0.339 e. The van der Waals surface area contributed by atoms with Crippen LogP contribution in [-0.2, 0) is 7.05 Å². The molecule has 20 heavy (non-hydrogen) atoms. The molecule has 2 heterocycles. The van der Waals surface area contributed by atoms with Gasteiger partial charge in [0.1, 0.15) is 10.2 Å². The Morgan fingerprint density at radius 1 is 1.40 bits per heavy atom. The Morgan fingerprint density at radius 3 is 2.75 bits per heavy atom. The lowest BCUT2D eigenvalue weighted by atomic mass is 10.4. The third kappa shape index (κ3) is 3.03. The van der Waals surface area contributed by atoms with Gasteiger partial charge >= 0.3 is 11.1 Å². The first-order valence-electron chi connectivity index (χ1n) is 5.04. The summed E-state index contributed by atoms with van der Waals surface area (Å²) in [5, 5.41) is 13.2. The van der Waals surface area contributed by atoms with Crippen LogP contribution in [0.5, 0.6) is 0 Å². The Bertz CT molecular complexity index is 802. The number of aromatic amines is 1. The van der Waals surface area contributed by atoms with Crippen molar-refractivity contribution >= 4 is 29.1 Å². The number of hydrogen-bond donors (Lipinski definition) is 1. The topological polar surface area (TPSA) is 124 Å². The Hall–Kier alpha value is -2.20. The van der Waals surface area contributed by atoms with Crippen LogP contribution in [-0.4, -0.2) is 24.7 Å². The van der Waals surface area contributed by atoms with Gasteiger partial charge in [0.05, 0.1) is 11.0 Å². The number of nitrogens with one attached hydrogen (secondary N) is 1. The lowest BCUT2D eigenvalue weighted by Crippen LogP contribution is -2.33. The van der Waals surface area contributed by atoms with E-state index < -0.39 is 16.0 Å². The summed E-state index contributed by atoms with van der Waals surface area (Å²) in [6.07, 6.45) is 0. The SMILES string of the molecule is Cn1[nH]c(=O)c(=O)nc1Sc1cc([N+](=O)[O-])cc(Cl)n1. The van der Waals surface area contributed by atoms with Crippen LogP contribution >= 0.6 is 23.4 Å². The number of hydrogen-bond acceptors (Lipinski definition) is 7. The van der Waals surface area contributed by atoms with Crippen LogP contribution in [0.1, 0.15) is 0 Å². The van der Waals surface area contributed by atoms with Crippen LogP contribution in [0, 0.1) is 10.1 Å². The van der Waals surface area contributed by atoms with Gasteiger partial charge in [0.15, 0.2) is 5.16 Å². The number of aromatic nitrogens is 4. The fourth-order valence-electron chi connectivity index (χ4n) is 1.26. The van der Waals surface area contributed by atoms with Crippen LogP contribution in [0.15, 0.2) is 31.9 Å². The summed E-state index contributed by atoms with van der Waals surface area (Å²) >= 11 is 6.55. The van der Waals surface area contributed by atoms with Gasteiger partial charge in [-0.2, -0.15) is 4.98 Å². The van der Waals surface area contributed by atoms with Crippen LogP contribution in [0.4, 0.5) is 5.69 Å². The van der Waals surface area contributed by atoms with Gasteiger partial charge in [0.25, 0.3) is 5.69 Å². The molecular weight excluding hydrogens is 310 g/mol. The molecule has 0 saturated heterocycles. The van der Waals surface area contributed by atoms with Gasteiger partial charge in [-0.1, -0.05) is 11.6 Å². The molecule has 11 heteroatoms. The van der Waals surface area contributed by atoms with Gasteiger partial charge in [0.2, 0.25) is 0 Å². The predicted octanol–water partition coefficient (Wildman–Crippen LogP) is 0.576. The monoisotopic (exact) mass is 315 g/mol. The molecule has 0 spiro atoms. The van der Waals surface area contributed by atoms with Crippen molar-refractivity contribution in [3.05, 3.63) is 48.1 Å². The average molecular weight is 316 g/mol. The molecule has 0 radical (unpaired) electrons. The molecule has 0 aliphatic heterocycles. The summed E-state index contributed by atoms with van der Waals surface area (Å²) in [6.45, 7) is 0. The molecule has 2 aromatic rings. The van der Waals surface area contributed by atoms with Crippen LogP contribution in [0.25, 0.3) is 0 Å². The van der Waals surface area contributed by atoms with Crippen LogP contribution in [0.3, 0.4) is 0 Å². The molecule has 2 rings (SSSR count). The fourth-order valence-corrected chi connectivity index (χ4v) is 2.34. The molecule has 9 nitrogen and oxygen atoms in total. The molecule has 0 aromatic carbocycles. The van der Waals surface area contributed by atoms with Gasteiger partial charge in [-0.05, 0) is 11.8 Å². The third-order valence-electron chi connectivity index (χ3n) is 2.11. The number of pyridine rings is 1. The summed E-state index contributed by atoms with van der Waals surface area (Å²) in [5.41, 5.74) is -2.05. The second-order valence-corrected chi connectivity index (χ2v) is 4.92. The lowest BCUT2D eigenvalue weighted by molar-refractivity contribution is -0.385. The van der Waals surface area contributed by atoms with Gasteiger partial charge in [-0.25, -0.2) is 4.98 Å². The Labute approximate surface area is 119 Å². The van der Waals surface area contributed by atoms with Crippen LogP contribution < -0.4 is 11.1 Å². The van der Waals surface area contributed by atoms with Crippen molar-refractivity contribution < 1.29 is 4.92 Å². The molecule has 0 amide bonds. The standard InChI is InChI=1S/C9H6ClN5O4S/c1-14-9(12-7(16)8(17)13-14)20-6-3-4(15(18)19)2-5(10)11-6/h2-3H,1H3,(H,13,17). The number of aryl methyl sites for hydroxylation is 1. The number of nitro groups is 1. The second kappa shape index (κ2) is 5.43. The van der Waals surface area contributed by atoms with Gasteiger partial charge in [-0.3, -0.25) is 29.5 Å². The Morgan fingerprint density at radius 2 is 2.10 bits per heavy atom. The van der Waals surface area contributed by atoms with E-state index in [1.54, 1.807) is 0 Å². The predicted molar refractivity (Wildman–Crippen MR) is 70.1 cm³/mol. The van der Waals surface area contributed by atoms with Crippen molar-refractivity contribution in [2.75, 3.05) is 0 Å². The van der Waals surface area contributed by atoms with Crippen molar-refractivity contribution in [3.8, 4) is 0 Å². The minimum absolute atomic E-state index is 0.0591. The van der Waals surface area contributed by atoms with E-state index in [4.69, 9.17) is 11.6 Å². The highest BCUT2D eigenvalue weighted by molar-refractivity contribution is 7.99. The molecular formula is C9H6ClN5O4S. The van der Waals surface area contributed by atoms with E-state index in [0.29, 0.717) is 0 Å². The number of H-pyrrole nitrogens is 1. The highest BCUT2D eigenvalue weighted by Gasteiger charge is 2.13. The molecule has 0 unspecified atom stereocenters. The highest BCUT2D eigenvalue weighted by Crippen LogP contribution is 2.27. The molecule has 104 valence electrons. The molecule has 0 aliphatic carbocycles. The van der Waals surface area contributed by atoms with Crippen LogP contribution in [0.2, 0.25) is 5.15 Å². The van der Waals surface area contributed by atoms with Crippen molar-refractivity contribution in [1.29, 1.82) is 0 Å². The summed E-state index contributed by atoms with van der Waals surface area (Å²) in [4.78, 5) is 39.8. The summed E-state index contributed by atoms with van der Waals surface area (Å²) in [5.74, 6) is 0. The minimum Gasteiger partial charge on any atom is -0.265 e. The number of nitrogens with zero attached hydrogens (tertiary/aromatic N) is 4. The van der Waals surface area contributed by atoms with E-state index >= 15 is 0 Å². The van der Waals surface area contributed by atoms with Crippen molar-refractivity contribution in [3.63, 3.8) is 0 Å². The first kappa shape index (κ1) is 14.2. The van der Waals surface area contributed by atoms with E-state index in [2.05, 4.69) is 15.1 Å². The maximum absolute atomic E-state index is 11.2. The zero-order valence-corrected chi connectivity index (χ0v) is 11.4. The molecule has 0 saturated carbocycles. The zero-order chi connectivity index (χ0) is 14.9. The normalized spacial score (nSPS) is 10.5. The summed E-state index contributed by atoms with van der Waals surface area (Å²) in [6, 6.07) is 2.29. The summed E-state index contributed by atoms with van der Waals surface area (Å²) < 4.78 is 1.21. The fraction of sp³-hybridized carbons (Fsp3) is 0.111. The third-order valence-corrected chi connectivity index (χ3v) is 3.27. The zero-order valence-electron chi connectivity index (χ0n) is 9.86. The average Bonchev–Trinajstić information content (AvgIpc) is 2.35. The smallest absolute Gasteiger partial charge is 0.265 e. The molecule has 0 atom stereocenters. The van der Waals surface area contributed by atoms with Crippen molar-refractivity contribution in [2.45, 2.75) is 10.2 Å². The molecule has 0 bridgehead atoms. The minimum atomic E-state index is -0.956. The second-order valence-electron chi connectivity index (χ2n) is 3.54. The Kier molecular flexibility index (Phi) is 3.86. The van der Waals surface area contributed by atoms with Gasteiger partial charge in [0, 0.05) is 13.1 Å². The lowest BCUT2D eigenvalue weighted by Gasteiger charge is -2.05. The van der Waals surface area contributed by atoms with E-state index in [0.717, 1.165) is 17.8 Å². The first-order chi connectivity index (χ1) is 9.36. The van der Waals surface area contributed by atoms with E-state index in [1.807, 2.05) is 0 Å².